The predicted octanol–water partition coefficient (Wildman–Crippen LogP) is 3.84. The monoisotopic (exact) mass is 420 g/mol. The third-order valence-corrected chi connectivity index (χ3v) is 7.25. The minimum Gasteiger partial charge on any atom is -0.353 e. The summed E-state index contributed by atoms with van der Waals surface area (Å²) in [5.74, 6) is -0.202. The summed E-state index contributed by atoms with van der Waals surface area (Å²) in [7, 11) is -3.45. The molecular weight excluding hydrogens is 395 g/mol. The van der Waals surface area contributed by atoms with Crippen molar-refractivity contribution < 1.29 is 13.2 Å². The molecule has 1 aromatic rings. The van der Waals surface area contributed by atoms with Crippen molar-refractivity contribution in [2.45, 2.75) is 51.3 Å². The molecule has 1 heterocycles. The van der Waals surface area contributed by atoms with Gasteiger partial charge in [-0.1, -0.05) is 42.6 Å². The van der Waals surface area contributed by atoms with E-state index in [1.807, 2.05) is 6.92 Å². The Labute approximate surface area is 166 Å². The first-order valence-electron chi connectivity index (χ1n) is 8.95. The number of piperidine rings is 1. The van der Waals surface area contributed by atoms with E-state index in [0.29, 0.717) is 41.5 Å². The van der Waals surface area contributed by atoms with E-state index in [4.69, 9.17) is 23.2 Å². The molecule has 0 aromatic heterocycles. The van der Waals surface area contributed by atoms with Crippen LogP contribution in [0.15, 0.2) is 18.2 Å². The lowest BCUT2D eigenvalue weighted by Crippen LogP contribution is -2.45. The molecule has 146 valence electrons. The summed E-state index contributed by atoms with van der Waals surface area (Å²) in [5.41, 5.74) is 0.604. The maximum atomic E-state index is 12.6. The smallest absolute Gasteiger partial charge is 0.223 e. The SMILES string of the molecule is CCC[C@@H](C)NC(=O)C1CCN(S(=O)(=O)Cc2ccc(Cl)c(Cl)c2)CC1. The molecule has 0 radical (unpaired) electrons. The first-order chi connectivity index (χ1) is 12.2. The van der Waals surface area contributed by atoms with Gasteiger partial charge in [-0.25, -0.2) is 12.7 Å². The van der Waals surface area contributed by atoms with Crippen LogP contribution in [-0.4, -0.2) is 37.8 Å². The predicted molar refractivity (Wildman–Crippen MR) is 106 cm³/mol. The number of amides is 1. The molecule has 1 N–H and O–H groups in total. The van der Waals surface area contributed by atoms with Gasteiger partial charge >= 0.3 is 0 Å². The third kappa shape index (κ3) is 5.84. The first kappa shape index (κ1) is 21.5. The van der Waals surface area contributed by atoms with Gasteiger partial charge < -0.3 is 5.32 Å². The van der Waals surface area contributed by atoms with Gasteiger partial charge in [-0.05, 0) is 43.9 Å². The van der Waals surface area contributed by atoms with Gasteiger partial charge in [0.2, 0.25) is 15.9 Å². The van der Waals surface area contributed by atoms with Crippen LogP contribution >= 0.6 is 23.2 Å². The maximum Gasteiger partial charge on any atom is 0.223 e. The number of halogens is 2. The van der Waals surface area contributed by atoms with E-state index in [2.05, 4.69) is 12.2 Å². The minimum absolute atomic E-state index is 0.0347. The lowest BCUT2D eigenvalue weighted by Gasteiger charge is -2.31. The Hall–Kier alpha value is -0.820. The molecule has 26 heavy (non-hydrogen) atoms. The van der Waals surface area contributed by atoms with Gasteiger partial charge in [0.25, 0.3) is 0 Å². The Kier molecular flexibility index (Phi) is 7.76. The average Bonchev–Trinajstić information content (AvgIpc) is 2.58. The topological polar surface area (TPSA) is 66.5 Å². The van der Waals surface area contributed by atoms with Crippen LogP contribution in [-0.2, 0) is 20.6 Å². The zero-order valence-electron chi connectivity index (χ0n) is 15.2. The molecule has 0 spiro atoms. The Morgan fingerprint density at radius 2 is 1.92 bits per heavy atom. The molecule has 1 aromatic carbocycles. The lowest BCUT2D eigenvalue weighted by molar-refractivity contribution is -0.126. The summed E-state index contributed by atoms with van der Waals surface area (Å²) in [4.78, 5) is 12.3. The van der Waals surface area contributed by atoms with Gasteiger partial charge in [0.15, 0.2) is 0 Å². The van der Waals surface area contributed by atoms with Crippen molar-refractivity contribution in [2.75, 3.05) is 13.1 Å². The number of hydrogen-bond donors (Lipinski definition) is 1. The van der Waals surface area contributed by atoms with Crippen LogP contribution in [0.2, 0.25) is 10.0 Å². The number of rotatable bonds is 7. The number of sulfonamides is 1. The highest BCUT2D eigenvalue weighted by Crippen LogP contribution is 2.26. The average molecular weight is 421 g/mol. The van der Waals surface area contributed by atoms with E-state index < -0.39 is 10.0 Å². The summed E-state index contributed by atoms with van der Waals surface area (Å²) in [6, 6.07) is 5.00. The first-order valence-corrected chi connectivity index (χ1v) is 11.3. The summed E-state index contributed by atoms with van der Waals surface area (Å²) < 4.78 is 26.7. The lowest BCUT2D eigenvalue weighted by atomic mass is 9.96. The number of hydrogen-bond acceptors (Lipinski definition) is 3. The number of carbonyl (C=O) groups excluding carboxylic acids is 1. The minimum atomic E-state index is -3.45. The molecule has 0 unspecified atom stereocenters. The van der Waals surface area contributed by atoms with E-state index in [1.54, 1.807) is 18.2 Å². The highest BCUT2D eigenvalue weighted by molar-refractivity contribution is 7.88. The van der Waals surface area contributed by atoms with E-state index in [1.165, 1.54) is 4.31 Å². The molecule has 1 saturated heterocycles. The van der Waals surface area contributed by atoms with Crippen LogP contribution in [0, 0.1) is 5.92 Å². The van der Waals surface area contributed by atoms with Crippen LogP contribution in [0.1, 0.15) is 45.1 Å². The third-order valence-electron chi connectivity index (χ3n) is 4.66. The number of nitrogens with zero attached hydrogens (tertiary/aromatic N) is 1. The van der Waals surface area contributed by atoms with Crippen molar-refractivity contribution in [3.05, 3.63) is 33.8 Å². The molecule has 0 saturated carbocycles. The van der Waals surface area contributed by atoms with Gasteiger partial charge in [0.05, 0.1) is 15.8 Å². The standard InChI is InChI=1S/C18H26Cl2N2O3S/c1-3-4-13(2)21-18(23)15-7-9-22(10-8-15)26(24,25)12-14-5-6-16(19)17(20)11-14/h5-6,11,13,15H,3-4,7-10,12H2,1-2H3,(H,21,23)/t13-/m1/s1. The molecule has 1 fully saturated rings. The normalized spacial score (nSPS) is 17.8. The quantitative estimate of drug-likeness (QED) is 0.728. The van der Waals surface area contributed by atoms with E-state index >= 15 is 0 Å². The fourth-order valence-corrected chi connectivity index (χ4v) is 5.06. The summed E-state index contributed by atoms with van der Waals surface area (Å²) in [5, 5.41) is 3.76. The van der Waals surface area contributed by atoms with Crippen molar-refractivity contribution >= 4 is 39.1 Å². The number of carbonyl (C=O) groups is 1. The van der Waals surface area contributed by atoms with Crippen LogP contribution in [0.3, 0.4) is 0 Å². The molecule has 1 atom stereocenters. The second kappa shape index (κ2) is 9.40. The van der Waals surface area contributed by atoms with Crippen molar-refractivity contribution in [1.29, 1.82) is 0 Å². The molecule has 1 amide bonds. The van der Waals surface area contributed by atoms with Gasteiger partial charge in [-0.2, -0.15) is 0 Å². The Balaban J connectivity index is 1.91. The van der Waals surface area contributed by atoms with Crippen molar-refractivity contribution in [1.82, 2.24) is 9.62 Å². The van der Waals surface area contributed by atoms with Crippen LogP contribution < -0.4 is 5.32 Å². The van der Waals surface area contributed by atoms with Crippen molar-refractivity contribution in [2.24, 2.45) is 5.92 Å². The summed E-state index contributed by atoms with van der Waals surface area (Å²) in [6.45, 7) is 4.81. The van der Waals surface area contributed by atoms with E-state index in [9.17, 15) is 13.2 Å². The van der Waals surface area contributed by atoms with E-state index in [0.717, 1.165) is 12.8 Å². The molecule has 8 heteroatoms. The van der Waals surface area contributed by atoms with Crippen LogP contribution in [0.4, 0.5) is 0 Å². The summed E-state index contributed by atoms with van der Waals surface area (Å²) >= 11 is 11.8. The molecular formula is C18H26Cl2N2O3S. The van der Waals surface area contributed by atoms with Crippen LogP contribution in [0.25, 0.3) is 0 Å². The van der Waals surface area contributed by atoms with Gasteiger partial charge in [0, 0.05) is 25.0 Å². The van der Waals surface area contributed by atoms with Crippen LogP contribution in [0.5, 0.6) is 0 Å². The van der Waals surface area contributed by atoms with Crippen molar-refractivity contribution in [3.63, 3.8) is 0 Å². The molecule has 5 nitrogen and oxygen atoms in total. The van der Waals surface area contributed by atoms with E-state index in [-0.39, 0.29) is 23.6 Å². The fraction of sp³-hybridized carbons (Fsp3) is 0.611. The van der Waals surface area contributed by atoms with Crippen molar-refractivity contribution in [3.8, 4) is 0 Å². The molecule has 1 aliphatic rings. The Bertz CT molecular complexity index is 732. The zero-order valence-corrected chi connectivity index (χ0v) is 17.5. The molecule has 1 aliphatic heterocycles. The largest absolute Gasteiger partial charge is 0.353 e. The fourth-order valence-electron chi connectivity index (χ4n) is 3.19. The van der Waals surface area contributed by atoms with Gasteiger partial charge in [-0.15, -0.1) is 0 Å². The van der Waals surface area contributed by atoms with Gasteiger partial charge in [0.1, 0.15) is 0 Å². The number of benzene rings is 1. The van der Waals surface area contributed by atoms with Gasteiger partial charge in [-0.3, -0.25) is 4.79 Å². The second-order valence-electron chi connectivity index (χ2n) is 6.88. The second-order valence-corrected chi connectivity index (χ2v) is 9.66. The Morgan fingerprint density at radius 1 is 1.27 bits per heavy atom. The highest BCUT2D eigenvalue weighted by atomic mass is 35.5. The zero-order chi connectivity index (χ0) is 19.3. The summed E-state index contributed by atoms with van der Waals surface area (Å²) in [6.07, 6.45) is 3.06. The molecule has 2 rings (SSSR count). The molecule has 0 aliphatic carbocycles. The highest BCUT2D eigenvalue weighted by Gasteiger charge is 2.31. The maximum absolute atomic E-state index is 12.6. The Morgan fingerprint density at radius 3 is 2.50 bits per heavy atom. The number of nitrogens with one attached hydrogen (secondary N) is 1. The molecule has 0 bridgehead atoms.